The molecule has 1 fully saturated rings. The van der Waals surface area contributed by atoms with E-state index in [4.69, 9.17) is 37.4 Å². The zero-order chi connectivity index (χ0) is 20.3. The summed E-state index contributed by atoms with van der Waals surface area (Å²) in [5.41, 5.74) is 3.16. The van der Waals surface area contributed by atoms with Crippen molar-refractivity contribution < 1.29 is 19.0 Å². The molecule has 1 aliphatic heterocycles. The Labute approximate surface area is 175 Å². The maximum atomic E-state index is 12.2. The van der Waals surface area contributed by atoms with E-state index in [0.29, 0.717) is 23.1 Å². The van der Waals surface area contributed by atoms with Crippen LogP contribution >= 0.6 is 23.2 Å². The highest BCUT2D eigenvalue weighted by molar-refractivity contribution is 6.35. The number of halogens is 2. The lowest BCUT2D eigenvalue weighted by Gasteiger charge is -2.16. The van der Waals surface area contributed by atoms with Gasteiger partial charge in [0.2, 0.25) is 0 Å². The molecule has 1 heterocycles. The van der Waals surface area contributed by atoms with Crippen molar-refractivity contribution in [3.8, 4) is 11.1 Å². The van der Waals surface area contributed by atoms with E-state index >= 15 is 0 Å². The number of rotatable bonds is 6. The van der Waals surface area contributed by atoms with Gasteiger partial charge in [0.25, 0.3) is 0 Å². The standard InChI is InChI=1S/C22H24Cl2O4/c1-4-26-21(25)20-19(27-22(2,3)28-20)10-7-14-5-8-15(9-6-14)16-11-17(23)13-18(24)12-16/h5-6,8-9,11-13,19-20H,4,7,10H2,1-3H3. The third kappa shape index (κ3) is 5.26. The fourth-order valence-corrected chi connectivity index (χ4v) is 3.89. The van der Waals surface area contributed by atoms with Crippen LogP contribution in [-0.4, -0.2) is 30.6 Å². The maximum Gasteiger partial charge on any atom is 0.338 e. The number of hydrogen-bond donors (Lipinski definition) is 0. The van der Waals surface area contributed by atoms with Crippen LogP contribution in [0.1, 0.15) is 32.8 Å². The summed E-state index contributed by atoms with van der Waals surface area (Å²) >= 11 is 12.2. The van der Waals surface area contributed by atoms with Crippen LogP contribution in [0.3, 0.4) is 0 Å². The third-order valence-corrected chi connectivity index (χ3v) is 5.01. The van der Waals surface area contributed by atoms with Gasteiger partial charge in [0.05, 0.1) is 12.7 Å². The summed E-state index contributed by atoms with van der Waals surface area (Å²) in [4.78, 5) is 12.2. The van der Waals surface area contributed by atoms with Crippen LogP contribution in [-0.2, 0) is 25.4 Å². The molecule has 0 amide bonds. The van der Waals surface area contributed by atoms with Crippen molar-refractivity contribution >= 4 is 29.2 Å². The highest BCUT2D eigenvalue weighted by Gasteiger charge is 2.45. The first kappa shape index (κ1) is 21.1. The summed E-state index contributed by atoms with van der Waals surface area (Å²) in [7, 11) is 0. The van der Waals surface area contributed by atoms with Crippen molar-refractivity contribution in [3.05, 3.63) is 58.1 Å². The van der Waals surface area contributed by atoms with Gasteiger partial charge in [-0.05, 0) is 68.5 Å². The molecule has 150 valence electrons. The average molecular weight is 423 g/mol. The fourth-order valence-electron chi connectivity index (χ4n) is 3.36. The zero-order valence-corrected chi connectivity index (χ0v) is 17.7. The van der Waals surface area contributed by atoms with Gasteiger partial charge in [-0.2, -0.15) is 0 Å². The molecule has 1 aliphatic rings. The van der Waals surface area contributed by atoms with Gasteiger partial charge in [-0.25, -0.2) is 4.79 Å². The number of carbonyl (C=O) groups is 1. The van der Waals surface area contributed by atoms with Crippen LogP contribution in [0.4, 0.5) is 0 Å². The monoisotopic (exact) mass is 422 g/mol. The van der Waals surface area contributed by atoms with Gasteiger partial charge in [0, 0.05) is 10.0 Å². The van der Waals surface area contributed by atoms with Gasteiger partial charge in [-0.1, -0.05) is 47.5 Å². The molecule has 2 aromatic rings. The fraction of sp³-hybridized carbons (Fsp3) is 0.409. The summed E-state index contributed by atoms with van der Waals surface area (Å²) in [6.45, 7) is 5.72. The number of carbonyl (C=O) groups excluding carboxylic acids is 1. The van der Waals surface area contributed by atoms with Crippen LogP contribution in [0.25, 0.3) is 11.1 Å². The Hall–Kier alpha value is -1.59. The molecule has 4 nitrogen and oxygen atoms in total. The Morgan fingerprint density at radius 2 is 1.68 bits per heavy atom. The molecule has 2 aromatic carbocycles. The number of ether oxygens (including phenoxy) is 3. The Bertz CT molecular complexity index is 813. The van der Waals surface area contributed by atoms with Crippen LogP contribution in [0.15, 0.2) is 42.5 Å². The highest BCUT2D eigenvalue weighted by Crippen LogP contribution is 2.32. The van der Waals surface area contributed by atoms with Crippen molar-refractivity contribution in [2.45, 2.75) is 51.6 Å². The van der Waals surface area contributed by atoms with Crippen molar-refractivity contribution in [2.75, 3.05) is 6.61 Å². The van der Waals surface area contributed by atoms with Crippen molar-refractivity contribution in [1.82, 2.24) is 0 Å². The van der Waals surface area contributed by atoms with E-state index < -0.39 is 11.9 Å². The first-order chi connectivity index (χ1) is 13.3. The van der Waals surface area contributed by atoms with Crippen LogP contribution < -0.4 is 0 Å². The second-order valence-corrected chi connectivity index (χ2v) is 8.11. The van der Waals surface area contributed by atoms with Crippen molar-refractivity contribution in [3.63, 3.8) is 0 Å². The minimum absolute atomic E-state index is 0.320. The lowest BCUT2D eigenvalue weighted by Crippen LogP contribution is -2.33. The van der Waals surface area contributed by atoms with Gasteiger partial charge in [0.1, 0.15) is 0 Å². The Kier molecular flexibility index (Phi) is 6.66. The molecule has 0 aromatic heterocycles. The van der Waals surface area contributed by atoms with Gasteiger partial charge in [0.15, 0.2) is 11.9 Å². The largest absolute Gasteiger partial charge is 0.464 e. The predicted octanol–water partition coefficient (Wildman–Crippen LogP) is 5.68. The molecule has 0 aliphatic carbocycles. The van der Waals surface area contributed by atoms with E-state index in [2.05, 4.69) is 12.1 Å². The normalized spacial score (nSPS) is 20.9. The second-order valence-electron chi connectivity index (χ2n) is 7.24. The van der Waals surface area contributed by atoms with Crippen LogP contribution in [0.2, 0.25) is 10.0 Å². The van der Waals surface area contributed by atoms with E-state index in [0.717, 1.165) is 23.1 Å². The Morgan fingerprint density at radius 1 is 1.04 bits per heavy atom. The third-order valence-electron chi connectivity index (χ3n) is 4.57. The molecule has 0 N–H and O–H groups in total. The molecule has 1 saturated heterocycles. The van der Waals surface area contributed by atoms with E-state index in [1.165, 1.54) is 0 Å². The molecule has 0 bridgehead atoms. The lowest BCUT2D eigenvalue weighted by atomic mass is 10.00. The number of benzene rings is 2. The molecule has 3 rings (SSSR count). The van der Waals surface area contributed by atoms with Crippen LogP contribution in [0, 0.1) is 0 Å². The number of hydrogen-bond acceptors (Lipinski definition) is 4. The summed E-state index contributed by atoms with van der Waals surface area (Å²) < 4.78 is 16.8. The van der Waals surface area contributed by atoms with E-state index in [-0.39, 0.29) is 12.1 Å². The quantitative estimate of drug-likeness (QED) is 0.561. The molecule has 28 heavy (non-hydrogen) atoms. The molecule has 6 heteroatoms. The number of esters is 1. The average Bonchev–Trinajstić information content (AvgIpc) is 2.95. The minimum atomic E-state index is -0.794. The van der Waals surface area contributed by atoms with E-state index in [1.807, 2.05) is 38.1 Å². The topological polar surface area (TPSA) is 44.8 Å². The predicted molar refractivity (Wildman–Crippen MR) is 111 cm³/mol. The highest BCUT2D eigenvalue weighted by atomic mass is 35.5. The summed E-state index contributed by atoms with van der Waals surface area (Å²) in [5.74, 6) is -1.16. The second kappa shape index (κ2) is 8.83. The number of aryl methyl sites for hydroxylation is 1. The molecule has 0 radical (unpaired) electrons. The first-order valence-corrected chi connectivity index (χ1v) is 10.1. The van der Waals surface area contributed by atoms with Gasteiger partial charge in [-0.15, -0.1) is 0 Å². The van der Waals surface area contributed by atoms with Crippen molar-refractivity contribution in [1.29, 1.82) is 0 Å². The van der Waals surface area contributed by atoms with Gasteiger partial charge in [-0.3, -0.25) is 0 Å². The minimum Gasteiger partial charge on any atom is -0.464 e. The van der Waals surface area contributed by atoms with Gasteiger partial charge < -0.3 is 14.2 Å². The first-order valence-electron chi connectivity index (χ1n) is 9.35. The molecule has 2 atom stereocenters. The Balaban J connectivity index is 1.66. The SMILES string of the molecule is CCOC(=O)C1OC(C)(C)OC1CCc1ccc(-c2cc(Cl)cc(Cl)c2)cc1. The lowest BCUT2D eigenvalue weighted by molar-refractivity contribution is -0.170. The summed E-state index contributed by atoms with van der Waals surface area (Å²) in [6, 6.07) is 13.7. The molecule has 0 saturated carbocycles. The molecule has 2 unspecified atom stereocenters. The molecular weight excluding hydrogens is 399 g/mol. The van der Waals surface area contributed by atoms with E-state index in [9.17, 15) is 4.79 Å². The Morgan fingerprint density at radius 3 is 2.29 bits per heavy atom. The van der Waals surface area contributed by atoms with E-state index in [1.54, 1.807) is 13.0 Å². The van der Waals surface area contributed by atoms with Gasteiger partial charge >= 0.3 is 5.97 Å². The molecule has 0 spiro atoms. The zero-order valence-electron chi connectivity index (χ0n) is 16.2. The summed E-state index contributed by atoms with van der Waals surface area (Å²) in [5, 5.41) is 1.22. The maximum absolute atomic E-state index is 12.2. The van der Waals surface area contributed by atoms with Crippen LogP contribution in [0.5, 0.6) is 0 Å². The smallest absolute Gasteiger partial charge is 0.338 e. The molecular formula is C22H24Cl2O4. The summed E-state index contributed by atoms with van der Waals surface area (Å²) in [6.07, 6.45) is 0.398. The van der Waals surface area contributed by atoms with Crippen molar-refractivity contribution in [2.24, 2.45) is 0 Å².